The van der Waals surface area contributed by atoms with Gasteiger partial charge >= 0.3 is 0 Å². The van der Waals surface area contributed by atoms with Crippen LogP contribution in [0.5, 0.6) is 11.5 Å². The largest absolute Gasteiger partial charge is 0.493 e. The van der Waals surface area contributed by atoms with Gasteiger partial charge in [-0.2, -0.15) is 0 Å². The SMILES string of the molecule is CCN(CC(O)c1ccc(OC)c(OC)c1)C(C)COC. The lowest BCUT2D eigenvalue weighted by molar-refractivity contribution is 0.0581. The topological polar surface area (TPSA) is 51.2 Å². The van der Waals surface area contributed by atoms with Gasteiger partial charge in [-0.1, -0.05) is 13.0 Å². The molecule has 0 saturated carbocycles. The summed E-state index contributed by atoms with van der Waals surface area (Å²) in [5.74, 6) is 1.29. The predicted octanol–water partition coefficient (Wildman–Crippen LogP) is 2.09. The molecular weight excluding hydrogens is 270 g/mol. The monoisotopic (exact) mass is 297 g/mol. The highest BCUT2D eigenvalue weighted by Crippen LogP contribution is 2.30. The lowest BCUT2D eigenvalue weighted by Crippen LogP contribution is -2.38. The smallest absolute Gasteiger partial charge is 0.161 e. The van der Waals surface area contributed by atoms with Crippen molar-refractivity contribution in [2.24, 2.45) is 0 Å². The Bertz CT molecular complexity index is 425. The fourth-order valence-electron chi connectivity index (χ4n) is 2.35. The maximum absolute atomic E-state index is 10.4. The Morgan fingerprint density at radius 2 is 1.81 bits per heavy atom. The minimum absolute atomic E-state index is 0.259. The molecule has 0 aliphatic rings. The number of benzene rings is 1. The van der Waals surface area contributed by atoms with Gasteiger partial charge in [0.15, 0.2) is 11.5 Å². The first kappa shape index (κ1) is 17.8. The number of rotatable bonds is 9. The number of methoxy groups -OCH3 is 3. The molecule has 1 aromatic carbocycles. The molecule has 0 radical (unpaired) electrons. The van der Waals surface area contributed by atoms with E-state index in [1.54, 1.807) is 21.3 Å². The van der Waals surface area contributed by atoms with Crippen LogP contribution >= 0.6 is 0 Å². The van der Waals surface area contributed by atoms with Crippen molar-refractivity contribution in [1.29, 1.82) is 0 Å². The Morgan fingerprint density at radius 1 is 1.14 bits per heavy atom. The van der Waals surface area contributed by atoms with Crippen molar-refractivity contribution in [1.82, 2.24) is 4.90 Å². The van der Waals surface area contributed by atoms with Crippen LogP contribution in [0.15, 0.2) is 18.2 Å². The summed E-state index contributed by atoms with van der Waals surface area (Å²) in [5.41, 5.74) is 0.815. The number of likely N-dealkylation sites (N-methyl/N-ethyl adjacent to an activating group) is 1. The zero-order valence-electron chi connectivity index (χ0n) is 13.6. The molecule has 0 fully saturated rings. The normalized spacial score (nSPS) is 14.0. The second kappa shape index (κ2) is 8.87. The molecule has 0 aliphatic carbocycles. The fourth-order valence-corrected chi connectivity index (χ4v) is 2.35. The van der Waals surface area contributed by atoms with Gasteiger partial charge in [-0.05, 0) is 31.2 Å². The van der Waals surface area contributed by atoms with E-state index >= 15 is 0 Å². The lowest BCUT2D eigenvalue weighted by atomic mass is 10.1. The standard InChI is InChI=1S/C16H27NO4/c1-6-17(12(2)11-19-3)10-14(18)13-7-8-15(20-4)16(9-13)21-5/h7-9,12,14,18H,6,10-11H2,1-5H3. The Labute approximate surface area is 127 Å². The third-order valence-electron chi connectivity index (χ3n) is 3.64. The van der Waals surface area contributed by atoms with Gasteiger partial charge in [0.1, 0.15) is 0 Å². The van der Waals surface area contributed by atoms with Gasteiger partial charge in [0.2, 0.25) is 0 Å². The first-order chi connectivity index (χ1) is 10.1. The molecule has 2 unspecified atom stereocenters. The number of aliphatic hydroxyl groups excluding tert-OH is 1. The van der Waals surface area contributed by atoms with Crippen LogP contribution < -0.4 is 9.47 Å². The molecule has 0 aromatic heterocycles. The Kier molecular flexibility index (Phi) is 7.50. The number of aliphatic hydroxyl groups is 1. The van der Waals surface area contributed by atoms with E-state index in [4.69, 9.17) is 14.2 Å². The Balaban J connectivity index is 2.80. The van der Waals surface area contributed by atoms with Crippen LogP contribution in [0.3, 0.4) is 0 Å². The van der Waals surface area contributed by atoms with E-state index in [1.807, 2.05) is 18.2 Å². The van der Waals surface area contributed by atoms with Gasteiger partial charge in [-0.3, -0.25) is 4.90 Å². The summed E-state index contributed by atoms with van der Waals surface area (Å²) >= 11 is 0. The minimum Gasteiger partial charge on any atom is -0.493 e. The van der Waals surface area contributed by atoms with E-state index in [-0.39, 0.29) is 6.04 Å². The van der Waals surface area contributed by atoms with E-state index in [0.29, 0.717) is 24.7 Å². The van der Waals surface area contributed by atoms with Crippen LogP contribution in [0.25, 0.3) is 0 Å². The second-order valence-electron chi connectivity index (χ2n) is 5.02. The third kappa shape index (κ3) is 4.88. The summed E-state index contributed by atoms with van der Waals surface area (Å²) in [4.78, 5) is 2.19. The molecule has 0 aliphatic heterocycles. The molecule has 21 heavy (non-hydrogen) atoms. The number of ether oxygens (including phenoxy) is 3. The molecular formula is C16H27NO4. The number of nitrogens with zero attached hydrogens (tertiary/aromatic N) is 1. The van der Waals surface area contributed by atoms with Crippen LogP contribution in [0, 0.1) is 0 Å². The van der Waals surface area contributed by atoms with Gasteiger partial charge in [0, 0.05) is 19.7 Å². The van der Waals surface area contributed by atoms with Crippen molar-refractivity contribution in [2.75, 3.05) is 41.0 Å². The first-order valence-corrected chi connectivity index (χ1v) is 7.20. The molecule has 2 atom stereocenters. The summed E-state index contributed by atoms with van der Waals surface area (Å²) in [7, 11) is 4.88. The van der Waals surface area contributed by atoms with Crippen LogP contribution in [-0.2, 0) is 4.74 Å². The summed E-state index contributed by atoms with van der Waals surface area (Å²) in [6.07, 6.45) is -0.580. The van der Waals surface area contributed by atoms with Crippen LogP contribution in [-0.4, -0.2) is 57.1 Å². The minimum atomic E-state index is -0.580. The molecule has 0 spiro atoms. The van der Waals surface area contributed by atoms with Crippen molar-refractivity contribution in [3.8, 4) is 11.5 Å². The molecule has 0 heterocycles. The van der Waals surface area contributed by atoms with Gasteiger partial charge < -0.3 is 19.3 Å². The Morgan fingerprint density at radius 3 is 2.33 bits per heavy atom. The molecule has 5 nitrogen and oxygen atoms in total. The van der Waals surface area contributed by atoms with Gasteiger partial charge in [0.25, 0.3) is 0 Å². The van der Waals surface area contributed by atoms with E-state index < -0.39 is 6.10 Å². The van der Waals surface area contributed by atoms with Gasteiger partial charge in [-0.25, -0.2) is 0 Å². The quantitative estimate of drug-likeness (QED) is 0.756. The highest BCUT2D eigenvalue weighted by atomic mass is 16.5. The average molecular weight is 297 g/mol. The van der Waals surface area contributed by atoms with Crippen molar-refractivity contribution >= 4 is 0 Å². The zero-order valence-corrected chi connectivity index (χ0v) is 13.6. The van der Waals surface area contributed by atoms with Gasteiger partial charge in [-0.15, -0.1) is 0 Å². The maximum Gasteiger partial charge on any atom is 0.161 e. The van der Waals surface area contributed by atoms with E-state index in [9.17, 15) is 5.11 Å². The van der Waals surface area contributed by atoms with E-state index in [1.165, 1.54) is 0 Å². The molecule has 0 saturated heterocycles. The molecule has 5 heteroatoms. The first-order valence-electron chi connectivity index (χ1n) is 7.20. The molecule has 0 bridgehead atoms. The van der Waals surface area contributed by atoms with Crippen molar-refractivity contribution in [3.63, 3.8) is 0 Å². The predicted molar refractivity (Wildman–Crippen MR) is 83.1 cm³/mol. The highest BCUT2D eigenvalue weighted by molar-refractivity contribution is 5.43. The van der Waals surface area contributed by atoms with Crippen LogP contribution in [0.2, 0.25) is 0 Å². The highest BCUT2D eigenvalue weighted by Gasteiger charge is 2.18. The van der Waals surface area contributed by atoms with Crippen molar-refractivity contribution in [3.05, 3.63) is 23.8 Å². The molecule has 120 valence electrons. The van der Waals surface area contributed by atoms with E-state index in [2.05, 4.69) is 18.7 Å². The number of hydrogen-bond donors (Lipinski definition) is 1. The summed E-state index contributed by atoms with van der Waals surface area (Å²) < 4.78 is 15.7. The summed E-state index contributed by atoms with van der Waals surface area (Å²) in [6.45, 7) is 6.22. The third-order valence-corrected chi connectivity index (χ3v) is 3.64. The number of hydrogen-bond acceptors (Lipinski definition) is 5. The van der Waals surface area contributed by atoms with Crippen molar-refractivity contribution in [2.45, 2.75) is 26.0 Å². The molecule has 1 rings (SSSR count). The van der Waals surface area contributed by atoms with E-state index in [0.717, 1.165) is 12.1 Å². The maximum atomic E-state index is 10.4. The fraction of sp³-hybridized carbons (Fsp3) is 0.625. The zero-order chi connectivity index (χ0) is 15.8. The summed E-state index contributed by atoms with van der Waals surface area (Å²) in [5, 5.41) is 10.4. The molecule has 0 amide bonds. The molecule has 1 N–H and O–H groups in total. The van der Waals surface area contributed by atoms with Crippen molar-refractivity contribution < 1.29 is 19.3 Å². The van der Waals surface area contributed by atoms with Crippen LogP contribution in [0.1, 0.15) is 25.5 Å². The van der Waals surface area contributed by atoms with Gasteiger partial charge in [0.05, 0.1) is 26.9 Å². The Hall–Kier alpha value is -1.30. The second-order valence-corrected chi connectivity index (χ2v) is 5.02. The average Bonchev–Trinajstić information content (AvgIpc) is 2.51. The molecule has 1 aromatic rings. The van der Waals surface area contributed by atoms with Crippen LogP contribution in [0.4, 0.5) is 0 Å². The summed E-state index contributed by atoms with van der Waals surface area (Å²) in [6, 6.07) is 5.75. The lowest BCUT2D eigenvalue weighted by Gasteiger charge is -2.29.